The Labute approximate surface area is 238 Å². The van der Waals surface area contributed by atoms with E-state index in [1.165, 1.54) is 0 Å². The van der Waals surface area contributed by atoms with Gasteiger partial charge in [0.05, 0.1) is 31.7 Å². The van der Waals surface area contributed by atoms with Crippen LogP contribution < -0.4 is 0 Å². The van der Waals surface area contributed by atoms with Crippen LogP contribution >= 0.6 is 0 Å². The van der Waals surface area contributed by atoms with Gasteiger partial charge in [0.1, 0.15) is 38.1 Å². The number of hydrogen-bond acceptors (Lipinski definition) is 9. The lowest BCUT2D eigenvalue weighted by molar-refractivity contribution is -0.166. The van der Waals surface area contributed by atoms with Crippen molar-refractivity contribution >= 4 is 17.9 Å². The minimum atomic E-state index is -0.558. The van der Waals surface area contributed by atoms with Crippen LogP contribution in [0, 0.1) is 23.7 Å². The molecule has 3 aliphatic heterocycles. The average Bonchev–Trinajstić information content (AvgIpc) is 3.81. The van der Waals surface area contributed by atoms with Crippen molar-refractivity contribution in [1.29, 1.82) is 0 Å². The summed E-state index contributed by atoms with van der Waals surface area (Å²) in [5.74, 6) is -2.00. The Kier molecular flexibility index (Phi) is 12.8. The van der Waals surface area contributed by atoms with Gasteiger partial charge in [-0.1, -0.05) is 70.4 Å². The minimum absolute atomic E-state index is 0.0200. The van der Waals surface area contributed by atoms with Gasteiger partial charge in [-0.05, 0) is 31.1 Å². The van der Waals surface area contributed by atoms with Crippen molar-refractivity contribution in [2.75, 3.05) is 39.6 Å². The van der Waals surface area contributed by atoms with E-state index in [9.17, 15) is 14.4 Å². The van der Waals surface area contributed by atoms with E-state index in [-0.39, 0.29) is 61.3 Å². The Balaban J connectivity index is 1.29. The number of unbranched alkanes of at least 4 members (excludes halogenated alkanes) is 7. The minimum Gasteiger partial charge on any atom is -0.463 e. The van der Waals surface area contributed by atoms with Crippen molar-refractivity contribution in [2.24, 2.45) is 23.7 Å². The standard InChI is InChI=1S/C31H48O9/c1-2-3-4-8-11-22-14-15-23(12-9-6-5-7-10-13-27(32)38-19-24-16-35-24)29(31(34)40-21-26-18-37-26)28(22)30(33)39-20-25-17-36-25/h14-15,22-26,28-29H,2-13,16-21H2,1H3. The number of allylic oxidation sites excluding steroid dienone is 2. The molecular weight excluding hydrogens is 516 g/mol. The molecule has 0 radical (unpaired) electrons. The molecule has 1 aliphatic carbocycles. The van der Waals surface area contributed by atoms with Gasteiger partial charge < -0.3 is 28.4 Å². The third-order valence-corrected chi connectivity index (χ3v) is 8.23. The first-order chi connectivity index (χ1) is 19.5. The van der Waals surface area contributed by atoms with Gasteiger partial charge in [0.15, 0.2) is 0 Å². The maximum absolute atomic E-state index is 13.5. The van der Waals surface area contributed by atoms with Crippen molar-refractivity contribution in [2.45, 2.75) is 102 Å². The number of ether oxygens (including phenoxy) is 6. The molecule has 0 spiro atoms. The van der Waals surface area contributed by atoms with Gasteiger partial charge in [0.25, 0.3) is 0 Å². The first kappa shape index (κ1) is 31.0. The van der Waals surface area contributed by atoms with Crippen LogP contribution in [0.1, 0.15) is 84.0 Å². The highest BCUT2D eigenvalue weighted by atomic mass is 16.6. The second-order valence-electron chi connectivity index (χ2n) is 11.7. The normalized spacial score (nSPS) is 30.0. The van der Waals surface area contributed by atoms with Crippen LogP contribution in [0.3, 0.4) is 0 Å². The zero-order valence-corrected chi connectivity index (χ0v) is 24.1. The topological polar surface area (TPSA) is 116 Å². The molecule has 0 bridgehead atoms. The quantitative estimate of drug-likeness (QED) is 0.0651. The Morgan fingerprint density at radius 3 is 1.52 bits per heavy atom. The third-order valence-electron chi connectivity index (χ3n) is 8.23. The maximum Gasteiger partial charge on any atom is 0.310 e. The lowest BCUT2D eigenvalue weighted by atomic mass is 9.67. The van der Waals surface area contributed by atoms with Crippen molar-refractivity contribution in [1.82, 2.24) is 0 Å². The van der Waals surface area contributed by atoms with Gasteiger partial charge in [-0.25, -0.2) is 0 Å². The van der Waals surface area contributed by atoms with Crippen molar-refractivity contribution < 1.29 is 42.8 Å². The predicted octanol–water partition coefficient (Wildman–Crippen LogP) is 4.55. The molecular formula is C31H48O9. The van der Waals surface area contributed by atoms with Crippen LogP contribution in [0.4, 0.5) is 0 Å². The fraction of sp³-hybridized carbons (Fsp3) is 0.839. The number of rotatable bonds is 21. The number of carbonyl (C=O) groups is 3. The summed E-state index contributed by atoms with van der Waals surface area (Å²) in [5.41, 5.74) is 0. The Morgan fingerprint density at radius 1 is 0.625 bits per heavy atom. The third kappa shape index (κ3) is 11.1. The van der Waals surface area contributed by atoms with E-state index in [0.29, 0.717) is 32.8 Å². The van der Waals surface area contributed by atoms with E-state index < -0.39 is 11.8 Å². The van der Waals surface area contributed by atoms with E-state index in [2.05, 4.69) is 19.1 Å². The van der Waals surface area contributed by atoms with Gasteiger partial charge in [-0.3, -0.25) is 14.4 Å². The molecule has 4 aliphatic rings. The van der Waals surface area contributed by atoms with Crippen molar-refractivity contribution in [3.63, 3.8) is 0 Å². The molecule has 4 rings (SSSR count). The van der Waals surface area contributed by atoms with Crippen molar-refractivity contribution in [3.8, 4) is 0 Å². The lowest BCUT2D eigenvalue weighted by Crippen LogP contribution is -2.43. The zero-order chi connectivity index (χ0) is 28.2. The monoisotopic (exact) mass is 564 g/mol. The van der Waals surface area contributed by atoms with Gasteiger partial charge in [-0.2, -0.15) is 0 Å². The van der Waals surface area contributed by atoms with Gasteiger partial charge >= 0.3 is 17.9 Å². The molecule has 0 N–H and O–H groups in total. The molecule has 40 heavy (non-hydrogen) atoms. The largest absolute Gasteiger partial charge is 0.463 e. The van der Waals surface area contributed by atoms with Crippen LogP contribution in [0.5, 0.6) is 0 Å². The van der Waals surface area contributed by atoms with E-state index in [1.54, 1.807) is 0 Å². The van der Waals surface area contributed by atoms with Gasteiger partial charge in [-0.15, -0.1) is 0 Å². The number of epoxide rings is 3. The van der Waals surface area contributed by atoms with Crippen LogP contribution in [0.15, 0.2) is 12.2 Å². The van der Waals surface area contributed by atoms with Crippen LogP contribution in [0.25, 0.3) is 0 Å². The summed E-state index contributed by atoms with van der Waals surface area (Å²) in [6.45, 7) is 4.94. The summed E-state index contributed by atoms with van der Waals surface area (Å²) >= 11 is 0. The summed E-state index contributed by atoms with van der Waals surface area (Å²) in [4.78, 5) is 38.7. The molecule has 3 heterocycles. The van der Waals surface area contributed by atoms with E-state index in [1.807, 2.05) is 0 Å². The number of carbonyl (C=O) groups excluding carboxylic acids is 3. The Hall–Kier alpha value is -1.97. The summed E-state index contributed by atoms with van der Waals surface area (Å²) in [5, 5.41) is 0. The highest BCUT2D eigenvalue weighted by Gasteiger charge is 2.47. The summed E-state index contributed by atoms with van der Waals surface area (Å²) < 4.78 is 32.1. The SMILES string of the molecule is CCCCCCC1C=CC(CCCCCCCC(=O)OCC2CO2)C(C(=O)OCC2CO2)C1C(=O)OCC1CO1. The molecule has 3 saturated heterocycles. The fourth-order valence-corrected chi connectivity index (χ4v) is 5.53. The first-order valence-electron chi connectivity index (χ1n) is 15.6. The van der Waals surface area contributed by atoms with E-state index >= 15 is 0 Å². The van der Waals surface area contributed by atoms with Crippen LogP contribution in [-0.2, 0) is 42.8 Å². The van der Waals surface area contributed by atoms with E-state index in [0.717, 1.165) is 70.6 Å². The summed E-state index contributed by atoms with van der Waals surface area (Å²) in [7, 11) is 0. The highest BCUT2D eigenvalue weighted by molar-refractivity contribution is 5.83. The maximum atomic E-state index is 13.5. The van der Waals surface area contributed by atoms with E-state index in [4.69, 9.17) is 28.4 Å². The molecule has 7 unspecified atom stereocenters. The van der Waals surface area contributed by atoms with Gasteiger partial charge in [0.2, 0.25) is 0 Å². The zero-order valence-electron chi connectivity index (χ0n) is 24.1. The molecule has 0 aromatic carbocycles. The molecule has 0 aromatic rings. The predicted molar refractivity (Wildman–Crippen MR) is 146 cm³/mol. The molecule has 9 nitrogen and oxygen atoms in total. The molecule has 0 saturated carbocycles. The molecule has 0 aromatic heterocycles. The Bertz CT molecular complexity index is 831. The number of esters is 3. The molecule has 7 atom stereocenters. The Morgan fingerprint density at radius 2 is 1.05 bits per heavy atom. The lowest BCUT2D eigenvalue weighted by Gasteiger charge is -2.37. The second-order valence-corrected chi connectivity index (χ2v) is 11.7. The fourth-order valence-electron chi connectivity index (χ4n) is 5.53. The van der Waals surface area contributed by atoms with Crippen molar-refractivity contribution in [3.05, 3.63) is 12.2 Å². The molecule has 0 amide bonds. The molecule has 9 heteroatoms. The first-order valence-corrected chi connectivity index (χ1v) is 15.6. The summed E-state index contributed by atoms with van der Waals surface area (Å²) in [6.07, 6.45) is 15.6. The van der Waals surface area contributed by atoms with Gasteiger partial charge in [0, 0.05) is 6.42 Å². The number of hydrogen-bond donors (Lipinski definition) is 0. The average molecular weight is 565 g/mol. The highest BCUT2D eigenvalue weighted by Crippen LogP contribution is 2.41. The smallest absolute Gasteiger partial charge is 0.310 e. The molecule has 226 valence electrons. The van der Waals surface area contributed by atoms with Crippen LogP contribution in [0.2, 0.25) is 0 Å². The van der Waals surface area contributed by atoms with Crippen LogP contribution in [-0.4, -0.2) is 75.9 Å². The molecule has 3 fully saturated rings. The summed E-state index contributed by atoms with van der Waals surface area (Å²) in [6, 6.07) is 0. The second kappa shape index (κ2) is 16.5.